The number of nitrogens with one attached hydrogen (secondary N) is 1. The van der Waals surface area contributed by atoms with Crippen LogP contribution in [0.2, 0.25) is 0 Å². The molecule has 0 aromatic carbocycles. The van der Waals surface area contributed by atoms with Gasteiger partial charge in [-0.05, 0) is 18.6 Å². The van der Waals surface area contributed by atoms with Crippen molar-refractivity contribution in [3.63, 3.8) is 0 Å². The monoisotopic (exact) mass is 247 g/mol. The first-order valence-corrected chi connectivity index (χ1v) is 6.77. The third kappa shape index (κ3) is 3.62. The molecule has 0 unspecified atom stereocenters. The Morgan fingerprint density at radius 2 is 2.12 bits per heavy atom. The third-order valence-electron chi connectivity index (χ3n) is 2.13. The van der Waals surface area contributed by atoms with E-state index < -0.39 is 10.0 Å². The van der Waals surface area contributed by atoms with Crippen molar-refractivity contribution < 1.29 is 17.9 Å². The molecule has 1 aromatic rings. The van der Waals surface area contributed by atoms with Crippen LogP contribution in [0.25, 0.3) is 0 Å². The molecule has 1 rings (SSSR count). The van der Waals surface area contributed by atoms with Gasteiger partial charge in [-0.2, -0.15) is 0 Å². The van der Waals surface area contributed by atoms with Crippen molar-refractivity contribution in [3.05, 3.63) is 17.9 Å². The summed E-state index contributed by atoms with van der Waals surface area (Å²) in [5.41, 5.74) is 0. The highest BCUT2D eigenvalue weighted by Crippen LogP contribution is 2.13. The average molecular weight is 247 g/mol. The van der Waals surface area contributed by atoms with Gasteiger partial charge in [-0.25, -0.2) is 13.1 Å². The molecule has 0 saturated heterocycles. The molecule has 0 aliphatic rings. The van der Waals surface area contributed by atoms with Crippen LogP contribution in [0.4, 0.5) is 0 Å². The lowest BCUT2D eigenvalue weighted by molar-refractivity contribution is 0.236. The number of aliphatic hydroxyl groups is 1. The SMILES string of the molecule is CCCCCNS(=O)(=O)c1ccc(CO)o1. The van der Waals surface area contributed by atoms with Crippen molar-refractivity contribution in [1.29, 1.82) is 0 Å². The van der Waals surface area contributed by atoms with Crippen LogP contribution in [-0.2, 0) is 16.6 Å². The average Bonchev–Trinajstić information content (AvgIpc) is 2.73. The van der Waals surface area contributed by atoms with Gasteiger partial charge in [0, 0.05) is 6.54 Å². The fourth-order valence-corrected chi connectivity index (χ4v) is 2.26. The number of rotatable bonds is 7. The highest BCUT2D eigenvalue weighted by Gasteiger charge is 2.17. The Hall–Kier alpha value is -0.850. The first-order valence-electron chi connectivity index (χ1n) is 5.29. The molecule has 5 nitrogen and oxygen atoms in total. The maximum Gasteiger partial charge on any atom is 0.273 e. The lowest BCUT2D eigenvalue weighted by Gasteiger charge is -2.03. The number of unbranched alkanes of at least 4 members (excludes halogenated alkanes) is 2. The predicted molar refractivity (Wildman–Crippen MR) is 59.3 cm³/mol. The van der Waals surface area contributed by atoms with E-state index in [9.17, 15) is 8.42 Å². The van der Waals surface area contributed by atoms with Crippen molar-refractivity contribution >= 4 is 10.0 Å². The molecule has 1 heterocycles. The normalized spacial score (nSPS) is 11.9. The van der Waals surface area contributed by atoms with Crippen molar-refractivity contribution in [2.24, 2.45) is 0 Å². The maximum atomic E-state index is 11.6. The van der Waals surface area contributed by atoms with E-state index in [4.69, 9.17) is 9.52 Å². The van der Waals surface area contributed by atoms with E-state index in [2.05, 4.69) is 11.6 Å². The maximum absolute atomic E-state index is 11.6. The van der Waals surface area contributed by atoms with Crippen molar-refractivity contribution in [2.45, 2.75) is 37.9 Å². The standard InChI is InChI=1S/C10H17NO4S/c1-2-3-4-7-11-16(13,14)10-6-5-9(8-12)15-10/h5-6,11-12H,2-4,7-8H2,1H3. The Kier molecular flexibility index (Phi) is 4.98. The van der Waals surface area contributed by atoms with Gasteiger partial charge >= 0.3 is 0 Å². The second-order valence-electron chi connectivity index (χ2n) is 3.48. The topological polar surface area (TPSA) is 79.5 Å². The molecule has 0 aliphatic heterocycles. The summed E-state index contributed by atoms with van der Waals surface area (Å²) in [4.78, 5) is 0. The minimum Gasteiger partial charge on any atom is -0.446 e. The van der Waals surface area contributed by atoms with Crippen LogP contribution in [0.15, 0.2) is 21.6 Å². The molecule has 0 saturated carbocycles. The van der Waals surface area contributed by atoms with Crippen LogP contribution < -0.4 is 4.72 Å². The van der Waals surface area contributed by atoms with E-state index in [0.29, 0.717) is 6.54 Å². The van der Waals surface area contributed by atoms with Crippen molar-refractivity contribution in [2.75, 3.05) is 6.54 Å². The van der Waals surface area contributed by atoms with Crippen LogP contribution in [0.3, 0.4) is 0 Å². The molecule has 0 atom stereocenters. The summed E-state index contributed by atoms with van der Waals surface area (Å²) in [5, 5.41) is 8.61. The molecule has 0 spiro atoms. The molecule has 92 valence electrons. The van der Waals surface area contributed by atoms with E-state index >= 15 is 0 Å². The first-order chi connectivity index (χ1) is 7.60. The van der Waals surface area contributed by atoms with Crippen molar-refractivity contribution in [3.8, 4) is 0 Å². The summed E-state index contributed by atoms with van der Waals surface area (Å²) < 4.78 is 30.7. The van der Waals surface area contributed by atoms with Gasteiger partial charge in [0.15, 0.2) is 0 Å². The fourth-order valence-electron chi connectivity index (χ4n) is 1.24. The molecule has 0 amide bonds. The Morgan fingerprint density at radius 3 is 2.69 bits per heavy atom. The minimum absolute atomic E-state index is 0.145. The highest BCUT2D eigenvalue weighted by atomic mass is 32.2. The third-order valence-corrected chi connectivity index (χ3v) is 3.46. The van der Waals surface area contributed by atoms with Crippen LogP contribution in [0, 0.1) is 0 Å². The lowest BCUT2D eigenvalue weighted by atomic mass is 10.3. The summed E-state index contributed by atoms with van der Waals surface area (Å²) in [5.74, 6) is 0.244. The Labute approximate surface area is 95.5 Å². The summed E-state index contributed by atoms with van der Waals surface area (Å²) >= 11 is 0. The van der Waals surface area contributed by atoms with E-state index in [1.54, 1.807) is 0 Å². The van der Waals surface area contributed by atoms with E-state index in [1.165, 1.54) is 12.1 Å². The molecule has 0 aliphatic carbocycles. The van der Waals surface area contributed by atoms with Gasteiger partial charge in [-0.3, -0.25) is 0 Å². The molecule has 16 heavy (non-hydrogen) atoms. The zero-order valence-electron chi connectivity index (χ0n) is 9.27. The van der Waals surface area contributed by atoms with Gasteiger partial charge in [-0.1, -0.05) is 19.8 Å². The van der Waals surface area contributed by atoms with E-state index in [0.717, 1.165) is 19.3 Å². The highest BCUT2D eigenvalue weighted by molar-refractivity contribution is 7.89. The molecular formula is C10H17NO4S. The number of hydrogen-bond donors (Lipinski definition) is 2. The Bertz CT molecular complexity index is 410. The summed E-state index contributed by atoms with van der Waals surface area (Å²) in [7, 11) is -3.56. The molecular weight excluding hydrogens is 230 g/mol. The predicted octanol–water partition coefficient (Wildman–Crippen LogP) is 1.24. The minimum atomic E-state index is -3.56. The van der Waals surface area contributed by atoms with Gasteiger partial charge in [-0.15, -0.1) is 0 Å². The lowest BCUT2D eigenvalue weighted by Crippen LogP contribution is -2.24. The van der Waals surface area contributed by atoms with Crippen LogP contribution in [-0.4, -0.2) is 20.1 Å². The van der Waals surface area contributed by atoms with Gasteiger partial charge in [0.05, 0.1) is 0 Å². The number of furan rings is 1. The second-order valence-corrected chi connectivity index (χ2v) is 5.18. The zero-order chi connectivity index (χ0) is 12.0. The molecule has 0 bridgehead atoms. The largest absolute Gasteiger partial charge is 0.446 e. The van der Waals surface area contributed by atoms with E-state index in [-0.39, 0.29) is 17.5 Å². The van der Waals surface area contributed by atoms with Gasteiger partial charge in [0.25, 0.3) is 10.0 Å². The van der Waals surface area contributed by atoms with Gasteiger partial charge in [0.1, 0.15) is 12.4 Å². The molecule has 0 radical (unpaired) electrons. The second kappa shape index (κ2) is 6.03. The van der Waals surface area contributed by atoms with Crippen LogP contribution >= 0.6 is 0 Å². The fraction of sp³-hybridized carbons (Fsp3) is 0.600. The molecule has 6 heteroatoms. The Balaban J connectivity index is 2.56. The molecule has 0 fully saturated rings. The summed E-state index contributed by atoms with van der Waals surface area (Å²) in [6.45, 7) is 2.16. The van der Waals surface area contributed by atoms with Gasteiger partial charge in [0.2, 0.25) is 5.09 Å². The number of aliphatic hydroxyl groups excluding tert-OH is 1. The van der Waals surface area contributed by atoms with Crippen LogP contribution in [0.1, 0.15) is 31.9 Å². The van der Waals surface area contributed by atoms with Crippen LogP contribution in [0.5, 0.6) is 0 Å². The Morgan fingerprint density at radius 1 is 1.38 bits per heavy atom. The van der Waals surface area contributed by atoms with Crippen molar-refractivity contribution in [1.82, 2.24) is 4.72 Å². The molecule has 2 N–H and O–H groups in total. The summed E-state index contributed by atoms with van der Waals surface area (Å²) in [6, 6.07) is 2.79. The molecule has 1 aromatic heterocycles. The summed E-state index contributed by atoms with van der Waals surface area (Å²) in [6.07, 6.45) is 2.84. The number of sulfonamides is 1. The number of hydrogen-bond acceptors (Lipinski definition) is 4. The van der Waals surface area contributed by atoms with Gasteiger partial charge < -0.3 is 9.52 Å². The van der Waals surface area contributed by atoms with E-state index in [1.807, 2.05) is 0 Å². The quantitative estimate of drug-likeness (QED) is 0.710. The first kappa shape index (κ1) is 13.2. The smallest absolute Gasteiger partial charge is 0.273 e. The zero-order valence-corrected chi connectivity index (χ0v) is 10.1.